The molecule has 8 nitrogen and oxygen atoms in total. The Labute approximate surface area is 162 Å². The summed E-state index contributed by atoms with van der Waals surface area (Å²) in [5.74, 6) is 0.395. The third-order valence-corrected chi connectivity index (χ3v) is 5.10. The second-order valence-electron chi connectivity index (χ2n) is 7.16. The minimum absolute atomic E-state index is 0.0128. The van der Waals surface area contributed by atoms with Crippen LogP contribution in [0.25, 0.3) is 0 Å². The number of ether oxygens (including phenoxy) is 2. The molecular weight excluding hydrogens is 346 g/mol. The molecular formula is C19H33N5O3. The number of methoxy groups -OCH3 is 1. The smallest absolute Gasteiger partial charge is 0.410 e. The number of piperazine rings is 1. The Morgan fingerprint density at radius 2 is 1.85 bits per heavy atom. The van der Waals surface area contributed by atoms with E-state index in [0.717, 1.165) is 58.7 Å². The molecule has 152 valence electrons. The highest BCUT2D eigenvalue weighted by Gasteiger charge is 2.27. The van der Waals surface area contributed by atoms with Crippen LogP contribution >= 0.6 is 0 Å². The highest BCUT2D eigenvalue weighted by Crippen LogP contribution is 2.15. The molecule has 1 amide bonds. The van der Waals surface area contributed by atoms with Gasteiger partial charge >= 0.3 is 6.09 Å². The van der Waals surface area contributed by atoms with Crippen LogP contribution in [-0.2, 0) is 9.47 Å². The first-order chi connectivity index (χ1) is 13.0. The second kappa shape index (κ2) is 11.0. The Morgan fingerprint density at radius 3 is 2.41 bits per heavy atom. The Balaban J connectivity index is 1.66. The van der Waals surface area contributed by atoms with Gasteiger partial charge in [-0.25, -0.2) is 9.79 Å². The minimum atomic E-state index is -0.160. The van der Waals surface area contributed by atoms with Crippen LogP contribution in [0.1, 0.15) is 26.7 Å². The average molecular weight is 380 g/mol. The number of piperidine rings is 1. The number of rotatable bonds is 7. The summed E-state index contributed by atoms with van der Waals surface area (Å²) < 4.78 is 10.7. The number of likely N-dealkylation sites (tertiary alicyclic amines) is 1. The maximum Gasteiger partial charge on any atom is 0.410 e. The first-order valence-corrected chi connectivity index (χ1v) is 9.68. The molecule has 0 aliphatic carbocycles. The zero-order valence-corrected chi connectivity index (χ0v) is 16.8. The van der Waals surface area contributed by atoms with Gasteiger partial charge in [0.15, 0.2) is 0 Å². The van der Waals surface area contributed by atoms with Gasteiger partial charge in [0, 0.05) is 58.1 Å². The standard InChI is InChI=1S/C19H33N5O3/c1-16(2)23-11-13-24(14-12-23)19(25)27-17-5-8-22(9-6-17)10-7-21-15-18(20-3)26-4/h7,15-17H,3,5-6,8-14H2,1-2,4H3/b18-15+,21-7?. The van der Waals surface area contributed by atoms with Gasteiger partial charge in [0.05, 0.1) is 13.3 Å². The van der Waals surface area contributed by atoms with Gasteiger partial charge in [0.25, 0.3) is 0 Å². The third kappa shape index (κ3) is 6.95. The van der Waals surface area contributed by atoms with Crippen LogP contribution in [0.5, 0.6) is 0 Å². The zero-order valence-electron chi connectivity index (χ0n) is 16.8. The van der Waals surface area contributed by atoms with E-state index in [0.29, 0.717) is 11.9 Å². The molecule has 0 aromatic carbocycles. The van der Waals surface area contributed by atoms with Gasteiger partial charge in [-0.2, -0.15) is 0 Å². The molecule has 0 N–H and O–H groups in total. The molecule has 2 fully saturated rings. The van der Waals surface area contributed by atoms with Crippen LogP contribution in [0.3, 0.4) is 0 Å². The summed E-state index contributed by atoms with van der Waals surface area (Å²) in [7, 11) is 1.53. The summed E-state index contributed by atoms with van der Waals surface area (Å²) in [4.78, 5) is 26.7. The number of hydrogen-bond acceptors (Lipinski definition) is 7. The van der Waals surface area contributed by atoms with Gasteiger partial charge in [-0.1, -0.05) is 0 Å². The molecule has 0 radical (unpaired) electrons. The van der Waals surface area contributed by atoms with Crippen molar-refractivity contribution in [2.45, 2.75) is 38.8 Å². The van der Waals surface area contributed by atoms with Crippen LogP contribution in [0.15, 0.2) is 22.1 Å². The van der Waals surface area contributed by atoms with Crippen molar-refractivity contribution in [1.82, 2.24) is 14.7 Å². The van der Waals surface area contributed by atoms with E-state index in [1.54, 1.807) is 6.20 Å². The van der Waals surface area contributed by atoms with E-state index in [2.05, 4.69) is 40.3 Å². The molecule has 27 heavy (non-hydrogen) atoms. The first kappa shape index (κ1) is 21.4. The lowest BCUT2D eigenvalue weighted by Gasteiger charge is -2.37. The van der Waals surface area contributed by atoms with Gasteiger partial charge in [-0.05, 0) is 33.4 Å². The number of carbonyl (C=O) groups is 1. The van der Waals surface area contributed by atoms with E-state index < -0.39 is 0 Å². The fourth-order valence-corrected chi connectivity index (χ4v) is 3.28. The highest BCUT2D eigenvalue weighted by atomic mass is 16.6. The molecule has 2 heterocycles. The Bertz CT molecular complexity index is 533. The molecule has 2 rings (SSSR count). The van der Waals surface area contributed by atoms with Gasteiger partial charge < -0.3 is 14.4 Å². The van der Waals surface area contributed by atoms with E-state index >= 15 is 0 Å². The lowest BCUT2D eigenvalue weighted by Crippen LogP contribution is -2.51. The Hall–Kier alpha value is -1.93. The molecule has 2 saturated heterocycles. The summed E-state index contributed by atoms with van der Waals surface area (Å²) in [6.45, 7) is 13.7. The molecule has 0 saturated carbocycles. The molecule has 2 aliphatic heterocycles. The van der Waals surface area contributed by atoms with E-state index in [4.69, 9.17) is 9.47 Å². The maximum atomic E-state index is 12.4. The van der Waals surface area contributed by atoms with Crippen LogP contribution in [0.2, 0.25) is 0 Å². The fourth-order valence-electron chi connectivity index (χ4n) is 3.28. The summed E-state index contributed by atoms with van der Waals surface area (Å²) >= 11 is 0. The van der Waals surface area contributed by atoms with Gasteiger partial charge in [0.2, 0.25) is 5.88 Å². The molecule has 0 bridgehead atoms. The molecule has 0 spiro atoms. The number of nitrogens with zero attached hydrogens (tertiary/aromatic N) is 5. The zero-order chi connectivity index (χ0) is 19.6. The van der Waals surface area contributed by atoms with Crippen molar-refractivity contribution in [3.63, 3.8) is 0 Å². The molecule has 2 aliphatic rings. The predicted molar refractivity (Wildman–Crippen MR) is 107 cm³/mol. The summed E-state index contributed by atoms with van der Waals surface area (Å²) in [6, 6.07) is 0.528. The minimum Gasteiger partial charge on any atom is -0.480 e. The van der Waals surface area contributed by atoms with E-state index in [9.17, 15) is 4.79 Å². The van der Waals surface area contributed by atoms with Crippen molar-refractivity contribution < 1.29 is 14.3 Å². The fraction of sp³-hybridized carbons (Fsp3) is 0.737. The van der Waals surface area contributed by atoms with E-state index in [-0.39, 0.29) is 12.2 Å². The number of hydrogen-bond donors (Lipinski definition) is 0. The van der Waals surface area contributed by atoms with Crippen molar-refractivity contribution in [2.24, 2.45) is 9.98 Å². The lowest BCUT2D eigenvalue weighted by atomic mass is 10.1. The average Bonchev–Trinajstić information content (AvgIpc) is 2.69. The van der Waals surface area contributed by atoms with E-state index in [1.165, 1.54) is 7.11 Å². The van der Waals surface area contributed by atoms with Crippen LogP contribution in [0.4, 0.5) is 4.79 Å². The topological polar surface area (TPSA) is 70.0 Å². The van der Waals surface area contributed by atoms with Gasteiger partial charge in [-0.3, -0.25) is 14.8 Å². The number of amides is 1. The summed E-state index contributed by atoms with van der Waals surface area (Å²) in [6.07, 6.45) is 4.94. The molecule has 0 unspecified atom stereocenters. The maximum absolute atomic E-state index is 12.4. The molecule has 0 atom stereocenters. The monoisotopic (exact) mass is 379 g/mol. The largest absolute Gasteiger partial charge is 0.480 e. The van der Waals surface area contributed by atoms with E-state index in [1.807, 2.05) is 11.1 Å². The number of carbonyl (C=O) groups excluding carboxylic acids is 1. The highest BCUT2D eigenvalue weighted by molar-refractivity contribution is 5.68. The molecule has 8 heteroatoms. The van der Waals surface area contributed by atoms with Crippen molar-refractivity contribution in [1.29, 1.82) is 0 Å². The van der Waals surface area contributed by atoms with Gasteiger partial charge in [-0.15, -0.1) is 0 Å². The van der Waals surface area contributed by atoms with Gasteiger partial charge in [0.1, 0.15) is 6.10 Å². The molecule has 0 aromatic rings. The van der Waals surface area contributed by atoms with Crippen molar-refractivity contribution in [3.05, 3.63) is 12.1 Å². The number of aliphatic imine (C=N–C) groups is 2. The Kier molecular flexibility index (Phi) is 8.74. The van der Waals surface area contributed by atoms with Crippen LogP contribution < -0.4 is 0 Å². The molecule has 0 aromatic heterocycles. The second-order valence-corrected chi connectivity index (χ2v) is 7.16. The van der Waals surface area contributed by atoms with Crippen molar-refractivity contribution in [3.8, 4) is 0 Å². The summed E-state index contributed by atoms with van der Waals surface area (Å²) in [5, 5.41) is 0. The summed E-state index contributed by atoms with van der Waals surface area (Å²) in [5.41, 5.74) is 0. The van der Waals surface area contributed by atoms with Crippen molar-refractivity contribution in [2.75, 3.05) is 52.9 Å². The lowest BCUT2D eigenvalue weighted by molar-refractivity contribution is 0.0187. The van der Waals surface area contributed by atoms with Crippen molar-refractivity contribution >= 4 is 19.0 Å². The van der Waals surface area contributed by atoms with Crippen LogP contribution in [0, 0.1) is 0 Å². The SMILES string of the molecule is C=N/C(=C\N=CCN1CCC(OC(=O)N2CCN(C(C)C)CC2)CC1)OC. The third-order valence-electron chi connectivity index (χ3n) is 5.10. The predicted octanol–water partition coefficient (Wildman–Crippen LogP) is 1.83. The first-order valence-electron chi connectivity index (χ1n) is 9.68. The quantitative estimate of drug-likeness (QED) is 0.499. The van der Waals surface area contributed by atoms with Crippen LogP contribution in [-0.4, -0.2) is 98.8 Å². The Morgan fingerprint density at radius 1 is 1.19 bits per heavy atom. The normalized spacial score (nSPS) is 21.0.